The van der Waals surface area contributed by atoms with Gasteiger partial charge >= 0.3 is 0 Å². The molecule has 3 N–H and O–H groups in total. The van der Waals surface area contributed by atoms with Crippen molar-refractivity contribution in [3.63, 3.8) is 0 Å². The standard InChI is InChI=1S/C19H23N3O2.2ClH/c1-22-13-16(21-18(23)12-20)11-19(22)24-17-9-7-15(8-10-17)14-5-3-2-4-6-14;;/h2-10,16,19H,11-13,20H2,1H3,(H,21,23);2*1H/t16-,19+;;/m1../s1. The Morgan fingerprint density at radius 3 is 2.35 bits per heavy atom. The highest BCUT2D eigenvalue weighted by Crippen LogP contribution is 2.25. The first-order valence-corrected chi connectivity index (χ1v) is 8.17. The fourth-order valence-corrected chi connectivity index (χ4v) is 3.01. The highest BCUT2D eigenvalue weighted by atomic mass is 35.5. The van der Waals surface area contributed by atoms with Crippen molar-refractivity contribution in [2.24, 2.45) is 5.73 Å². The van der Waals surface area contributed by atoms with Gasteiger partial charge in [0.25, 0.3) is 0 Å². The first-order valence-electron chi connectivity index (χ1n) is 8.17. The molecular weight excluding hydrogens is 373 g/mol. The van der Waals surface area contributed by atoms with Crippen LogP contribution in [0.2, 0.25) is 0 Å². The second kappa shape index (κ2) is 10.4. The lowest BCUT2D eigenvalue weighted by atomic mass is 10.1. The third kappa shape index (κ3) is 5.61. The molecule has 1 aliphatic heterocycles. The predicted octanol–water partition coefficient (Wildman–Crippen LogP) is 2.68. The smallest absolute Gasteiger partial charge is 0.233 e. The molecule has 2 aromatic carbocycles. The van der Waals surface area contributed by atoms with Gasteiger partial charge in [-0.25, -0.2) is 0 Å². The van der Waals surface area contributed by atoms with Gasteiger partial charge in [-0.15, -0.1) is 24.8 Å². The van der Waals surface area contributed by atoms with Crippen molar-refractivity contribution in [2.75, 3.05) is 20.1 Å². The summed E-state index contributed by atoms with van der Waals surface area (Å²) < 4.78 is 6.07. The van der Waals surface area contributed by atoms with Crippen molar-refractivity contribution >= 4 is 30.7 Å². The van der Waals surface area contributed by atoms with Gasteiger partial charge in [-0.1, -0.05) is 42.5 Å². The summed E-state index contributed by atoms with van der Waals surface area (Å²) in [7, 11) is 2.00. The van der Waals surface area contributed by atoms with Crippen molar-refractivity contribution in [3.05, 3.63) is 54.6 Å². The van der Waals surface area contributed by atoms with Crippen LogP contribution in [0.15, 0.2) is 54.6 Å². The van der Waals surface area contributed by atoms with Crippen molar-refractivity contribution in [2.45, 2.75) is 18.7 Å². The molecule has 1 heterocycles. The van der Waals surface area contributed by atoms with Crippen LogP contribution in [0, 0.1) is 0 Å². The lowest BCUT2D eigenvalue weighted by molar-refractivity contribution is -0.120. The van der Waals surface area contributed by atoms with E-state index >= 15 is 0 Å². The first-order chi connectivity index (χ1) is 11.7. The largest absolute Gasteiger partial charge is 0.475 e. The molecule has 2 aromatic rings. The van der Waals surface area contributed by atoms with Crippen LogP contribution in [0.4, 0.5) is 0 Å². The zero-order valence-corrected chi connectivity index (χ0v) is 16.3. The average molecular weight is 398 g/mol. The van der Waals surface area contributed by atoms with E-state index in [1.807, 2.05) is 37.4 Å². The van der Waals surface area contributed by atoms with E-state index in [2.05, 4.69) is 34.5 Å². The quantitative estimate of drug-likeness (QED) is 0.813. The summed E-state index contributed by atoms with van der Waals surface area (Å²) in [4.78, 5) is 13.5. The van der Waals surface area contributed by atoms with E-state index < -0.39 is 0 Å². The van der Waals surface area contributed by atoms with E-state index in [1.54, 1.807) is 0 Å². The Kier molecular flexibility index (Phi) is 8.88. The number of carbonyl (C=O) groups excluding carboxylic acids is 1. The number of benzene rings is 2. The topological polar surface area (TPSA) is 67.6 Å². The Morgan fingerprint density at radius 1 is 1.12 bits per heavy atom. The van der Waals surface area contributed by atoms with Crippen LogP contribution in [0.25, 0.3) is 11.1 Å². The van der Waals surface area contributed by atoms with Crippen LogP contribution in [-0.4, -0.2) is 43.2 Å². The van der Waals surface area contributed by atoms with Gasteiger partial charge in [0.1, 0.15) is 5.75 Å². The number of nitrogens with zero attached hydrogens (tertiary/aromatic N) is 1. The second-order valence-corrected chi connectivity index (χ2v) is 6.11. The third-order valence-electron chi connectivity index (χ3n) is 4.27. The van der Waals surface area contributed by atoms with Crippen LogP contribution < -0.4 is 15.8 Å². The molecule has 1 fully saturated rings. The molecule has 0 aromatic heterocycles. The van der Waals surface area contributed by atoms with Gasteiger partial charge in [0.15, 0.2) is 6.23 Å². The molecule has 1 saturated heterocycles. The molecule has 26 heavy (non-hydrogen) atoms. The maximum Gasteiger partial charge on any atom is 0.233 e. The van der Waals surface area contributed by atoms with Crippen LogP contribution in [0.3, 0.4) is 0 Å². The summed E-state index contributed by atoms with van der Waals surface area (Å²) >= 11 is 0. The van der Waals surface area contributed by atoms with Crippen LogP contribution in [0.1, 0.15) is 6.42 Å². The number of halogens is 2. The highest BCUT2D eigenvalue weighted by molar-refractivity contribution is 5.85. The molecule has 2 atom stereocenters. The van der Waals surface area contributed by atoms with Gasteiger partial charge < -0.3 is 15.8 Å². The molecule has 0 unspecified atom stereocenters. The van der Waals surface area contributed by atoms with E-state index in [4.69, 9.17) is 10.5 Å². The molecule has 0 bridgehead atoms. The molecule has 142 valence electrons. The van der Waals surface area contributed by atoms with Crippen LogP contribution >= 0.6 is 24.8 Å². The lowest BCUT2D eigenvalue weighted by Gasteiger charge is -2.20. The van der Waals surface area contributed by atoms with Crippen LogP contribution in [-0.2, 0) is 4.79 Å². The molecule has 3 rings (SSSR count). The SMILES string of the molecule is CN1C[C@H](NC(=O)CN)C[C@@H]1Oc1ccc(-c2ccccc2)cc1.Cl.Cl. The van der Waals surface area contributed by atoms with Crippen molar-refractivity contribution in [1.29, 1.82) is 0 Å². The lowest BCUT2D eigenvalue weighted by Crippen LogP contribution is -2.39. The first kappa shape index (κ1) is 22.3. The van der Waals surface area contributed by atoms with E-state index in [1.165, 1.54) is 5.56 Å². The highest BCUT2D eigenvalue weighted by Gasteiger charge is 2.31. The number of nitrogens with two attached hydrogens (primary N) is 1. The summed E-state index contributed by atoms with van der Waals surface area (Å²) in [6, 6.07) is 18.4. The minimum Gasteiger partial charge on any atom is -0.475 e. The van der Waals surface area contributed by atoms with E-state index in [0.29, 0.717) is 0 Å². The molecule has 0 radical (unpaired) electrons. The number of amides is 1. The Labute approximate surface area is 166 Å². The zero-order valence-electron chi connectivity index (χ0n) is 14.6. The summed E-state index contributed by atoms with van der Waals surface area (Å²) in [5.74, 6) is 0.707. The Bertz CT molecular complexity index is 683. The van der Waals surface area contributed by atoms with Gasteiger partial charge in [-0.05, 0) is 30.3 Å². The number of hydrogen-bond acceptors (Lipinski definition) is 4. The Morgan fingerprint density at radius 2 is 1.73 bits per heavy atom. The molecule has 1 amide bonds. The fourth-order valence-electron chi connectivity index (χ4n) is 3.01. The fraction of sp³-hybridized carbons (Fsp3) is 0.316. The minimum absolute atomic E-state index is 0. The Hall–Kier alpha value is -1.79. The molecule has 5 nitrogen and oxygen atoms in total. The maximum atomic E-state index is 11.4. The van der Waals surface area contributed by atoms with Crippen molar-refractivity contribution in [3.8, 4) is 16.9 Å². The monoisotopic (exact) mass is 397 g/mol. The molecule has 0 spiro atoms. The number of nitrogens with one attached hydrogen (secondary N) is 1. The Balaban J connectivity index is 0.00000169. The number of ether oxygens (including phenoxy) is 1. The zero-order chi connectivity index (χ0) is 16.9. The van der Waals surface area contributed by atoms with Gasteiger partial charge in [0, 0.05) is 19.0 Å². The summed E-state index contributed by atoms with van der Waals surface area (Å²) in [6.07, 6.45) is 0.707. The molecule has 1 aliphatic rings. The second-order valence-electron chi connectivity index (χ2n) is 6.11. The van der Waals surface area contributed by atoms with E-state index in [-0.39, 0.29) is 49.5 Å². The number of carbonyl (C=O) groups is 1. The van der Waals surface area contributed by atoms with E-state index in [0.717, 1.165) is 24.3 Å². The molecule has 7 heteroatoms. The third-order valence-corrected chi connectivity index (χ3v) is 4.27. The number of hydrogen-bond donors (Lipinski definition) is 2. The summed E-state index contributed by atoms with van der Waals surface area (Å²) in [5, 5.41) is 2.92. The van der Waals surface area contributed by atoms with Crippen molar-refractivity contribution < 1.29 is 9.53 Å². The predicted molar refractivity (Wildman–Crippen MR) is 109 cm³/mol. The van der Waals surface area contributed by atoms with E-state index in [9.17, 15) is 4.79 Å². The maximum absolute atomic E-state index is 11.4. The van der Waals surface area contributed by atoms with Crippen molar-refractivity contribution in [1.82, 2.24) is 10.2 Å². The number of rotatable bonds is 5. The molecule has 0 saturated carbocycles. The number of likely N-dealkylation sites (tertiary alicyclic amines) is 1. The van der Waals surface area contributed by atoms with Gasteiger partial charge in [0.05, 0.1) is 6.54 Å². The number of likely N-dealkylation sites (N-methyl/N-ethyl adjacent to an activating group) is 1. The average Bonchev–Trinajstić information content (AvgIpc) is 2.95. The normalized spacial score (nSPS) is 19.2. The van der Waals surface area contributed by atoms with Gasteiger partial charge in [-0.2, -0.15) is 0 Å². The summed E-state index contributed by atoms with van der Waals surface area (Å²) in [5.41, 5.74) is 7.70. The van der Waals surface area contributed by atoms with Gasteiger partial charge in [-0.3, -0.25) is 9.69 Å². The summed E-state index contributed by atoms with van der Waals surface area (Å²) in [6.45, 7) is 0.783. The molecule has 0 aliphatic carbocycles. The molecular formula is C19H25Cl2N3O2. The van der Waals surface area contributed by atoms with Gasteiger partial charge in [0.2, 0.25) is 5.91 Å². The van der Waals surface area contributed by atoms with Crippen LogP contribution in [0.5, 0.6) is 5.75 Å². The minimum atomic E-state index is -0.124.